The number of hydrogen-bond donors (Lipinski definition) is 1. The SMILES string of the molecule is CCNCC(CCCOCC(F)(F)F)c1ccccc1Br. The summed E-state index contributed by atoms with van der Waals surface area (Å²) >= 11 is 3.53. The van der Waals surface area contributed by atoms with Crippen LogP contribution in [0.25, 0.3) is 0 Å². The van der Waals surface area contributed by atoms with Gasteiger partial charge in [0.1, 0.15) is 6.61 Å². The van der Waals surface area contributed by atoms with E-state index in [-0.39, 0.29) is 12.5 Å². The summed E-state index contributed by atoms with van der Waals surface area (Å²) in [5.41, 5.74) is 1.18. The van der Waals surface area contributed by atoms with Crippen molar-refractivity contribution in [2.75, 3.05) is 26.3 Å². The van der Waals surface area contributed by atoms with Gasteiger partial charge < -0.3 is 10.1 Å². The quantitative estimate of drug-likeness (QED) is 0.648. The molecule has 0 amide bonds. The van der Waals surface area contributed by atoms with Crippen LogP contribution < -0.4 is 5.32 Å². The molecule has 0 spiro atoms. The van der Waals surface area contributed by atoms with E-state index in [9.17, 15) is 13.2 Å². The summed E-state index contributed by atoms with van der Waals surface area (Å²) in [6, 6.07) is 7.95. The Morgan fingerprint density at radius 1 is 1.29 bits per heavy atom. The molecular formula is C15H21BrF3NO. The van der Waals surface area contributed by atoms with Crippen LogP contribution in [0.3, 0.4) is 0 Å². The van der Waals surface area contributed by atoms with Crippen molar-refractivity contribution in [3.05, 3.63) is 34.3 Å². The van der Waals surface area contributed by atoms with Gasteiger partial charge in [0.2, 0.25) is 0 Å². The molecule has 1 unspecified atom stereocenters. The largest absolute Gasteiger partial charge is 0.411 e. The van der Waals surface area contributed by atoms with Gasteiger partial charge in [-0.2, -0.15) is 13.2 Å². The van der Waals surface area contributed by atoms with E-state index in [1.807, 2.05) is 31.2 Å². The fraction of sp³-hybridized carbons (Fsp3) is 0.600. The second-order valence-corrected chi connectivity index (χ2v) is 5.69. The average molecular weight is 368 g/mol. The molecule has 0 radical (unpaired) electrons. The Balaban J connectivity index is 2.46. The molecule has 21 heavy (non-hydrogen) atoms. The smallest absolute Gasteiger partial charge is 0.372 e. The molecule has 0 aliphatic carbocycles. The van der Waals surface area contributed by atoms with E-state index in [0.717, 1.165) is 24.0 Å². The summed E-state index contributed by atoms with van der Waals surface area (Å²) in [6.45, 7) is 2.67. The number of ether oxygens (including phenoxy) is 1. The summed E-state index contributed by atoms with van der Waals surface area (Å²) in [4.78, 5) is 0. The minimum Gasteiger partial charge on any atom is -0.372 e. The lowest BCUT2D eigenvalue weighted by atomic mass is 9.94. The van der Waals surface area contributed by atoms with Gasteiger partial charge in [-0.3, -0.25) is 0 Å². The number of likely N-dealkylation sites (N-methyl/N-ethyl adjacent to an activating group) is 1. The van der Waals surface area contributed by atoms with Crippen LogP contribution in [0.15, 0.2) is 28.7 Å². The average Bonchev–Trinajstić information content (AvgIpc) is 2.41. The van der Waals surface area contributed by atoms with Crippen LogP contribution in [-0.2, 0) is 4.74 Å². The van der Waals surface area contributed by atoms with Crippen LogP contribution >= 0.6 is 15.9 Å². The lowest BCUT2D eigenvalue weighted by Gasteiger charge is -2.19. The predicted octanol–water partition coefficient (Wildman–Crippen LogP) is 4.50. The fourth-order valence-corrected chi connectivity index (χ4v) is 2.72. The third kappa shape index (κ3) is 7.83. The second-order valence-electron chi connectivity index (χ2n) is 4.84. The maximum absolute atomic E-state index is 12.0. The lowest BCUT2D eigenvalue weighted by molar-refractivity contribution is -0.174. The van der Waals surface area contributed by atoms with Gasteiger partial charge in [0, 0.05) is 17.6 Å². The Labute approximate surface area is 132 Å². The number of alkyl halides is 3. The number of benzene rings is 1. The first-order valence-corrected chi connectivity index (χ1v) is 7.83. The second kappa shape index (κ2) is 9.43. The van der Waals surface area contributed by atoms with Gasteiger partial charge >= 0.3 is 6.18 Å². The van der Waals surface area contributed by atoms with Crippen molar-refractivity contribution in [3.63, 3.8) is 0 Å². The van der Waals surface area contributed by atoms with Crippen molar-refractivity contribution in [1.82, 2.24) is 5.32 Å². The van der Waals surface area contributed by atoms with E-state index < -0.39 is 12.8 Å². The zero-order valence-corrected chi connectivity index (χ0v) is 13.6. The molecule has 0 aliphatic rings. The molecule has 6 heteroatoms. The van der Waals surface area contributed by atoms with Crippen LogP contribution in [0.1, 0.15) is 31.2 Å². The summed E-state index contributed by atoms with van der Waals surface area (Å²) in [5, 5.41) is 3.30. The first-order valence-electron chi connectivity index (χ1n) is 7.03. The maximum atomic E-state index is 12.0. The van der Waals surface area contributed by atoms with Gasteiger partial charge in [0.15, 0.2) is 0 Å². The van der Waals surface area contributed by atoms with Crippen molar-refractivity contribution in [3.8, 4) is 0 Å². The highest BCUT2D eigenvalue weighted by Crippen LogP contribution is 2.28. The minimum absolute atomic E-state index is 0.132. The molecule has 0 saturated heterocycles. The Hall–Kier alpha value is -0.590. The molecular weight excluding hydrogens is 347 g/mol. The minimum atomic E-state index is -4.24. The summed E-state index contributed by atoms with van der Waals surface area (Å²) < 4.78 is 41.6. The Morgan fingerprint density at radius 2 is 2.00 bits per heavy atom. The zero-order valence-electron chi connectivity index (χ0n) is 12.0. The van der Waals surface area contributed by atoms with E-state index in [1.165, 1.54) is 5.56 Å². The van der Waals surface area contributed by atoms with Crippen molar-refractivity contribution in [2.45, 2.75) is 31.9 Å². The molecule has 1 atom stereocenters. The molecule has 120 valence electrons. The molecule has 1 aromatic carbocycles. The van der Waals surface area contributed by atoms with Gasteiger partial charge in [0.05, 0.1) is 0 Å². The number of rotatable bonds is 9. The molecule has 0 saturated carbocycles. The van der Waals surface area contributed by atoms with Crippen LogP contribution in [0.2, 0.25) is 0 Å². The van der Waals surface area contributed by atoms with Crippen LogP contribution in [-0.4, -0.2) is 32.5 Å². The summed E-state index contributed by atoms with van der Waals surface area (Å²) in [6.07, 6.45) is -2.85. The van der Waals surface area contributed by atoms with E-state index >= 15 is 0 Å². The lowest BCUT2D eigenvalue weighted by Crippen LogP contribution is -2.22. The van der Waals surface area contributed by atoms with E-state index in [4.69, 9.17) is 0 Å². The molecule has 2 nitrogen and oxygen atoms in total. The van der Waals surface area contributed by atoms with Crippen LogP contribution in [0.5, 0.6) is 0 Å². The molecule has 1 aromatic rings. The molecule has 0 bridgehead atoms. The van der Waals surface area contributed by atoms with Crippen molar-refractivity contribution in [1.29, 1.82) is 0 Å². The first kappa shape index (κ1) is 18.5. The van der Waals surface area contributed by atoms with Gasteiger partial charge in [0.25, 0.3) is 0 Å². The highest BCUT2D eigenvalue weighted by atomic mass is 79.9. The number of hydrogen-bond acceptors (Lipinski definition) is 2. The molecule has 0 aromatic heterocycles. The van der Waals surface area contributed by atoms with Crippen molar-refractivity contribution >= 4 is 15.9 Å². The Kier molecular flexibility index (Phi) is 8.29. The van der Waals surface area contributed by atoms with Gasteiger partial charge in [-0.1, -0.05) is 41.1 Å². The topological polar surface area (TPSA) is 21.3 Å². The van der Waals surface area contributed by atoms with Gasteiger partial charge in [-0.05, 0) is 36.9 Å². The normalized spacial score (nSPS) is 13.4. The highest BCUT2D eigenvalue weighted by molar-refractivity contribution is 9.10. The molecule has 0 heterocycles. The highest BCUT2D eigenvalue weighted by Gasteiger charge is 2.27. The van der Waals surface area contributed by atoms with E-state index in [2.05, 4.69) is 26.0 Å². The fourth-order valence-electron chi connectivity index (χ4n) is 2.11. The number of nitrogens with one attached hydrogen (secondary N) is 1. The standard InChI is InChI=1S/C15H21BrF3NO/c1-2-20-10-12(13-7-3-4-8-14(13)16)6-5-9-21-11-15(17,18)19/h3-4,7-8,12,20H,2,5-6,9-11H2,1H3. The maximum Gasteiger partial charge on any atom is 0.411 e. The predicted molar refractivity (Wildman–Crippen MR) is 81.5 cm³/mol. The third-order valence-corrected chi connectivity index (χ3v) is 3.81. The molecule has 0 fully saturated rings. The molecule has 1 rings (SSSR count). The van der Waals surface area contributed by atoms with Crippen LogP contribution in [0.4, 0.5) is 13.2 Å². The van der Waals surface area contributed by atoms with Crippen molar-refractivity contribution < 1.29 is 17.9 Å². The first-order chi connectivity index (χ1) is 9.94. The van der Waals surface area contributed by atoms with E-state index in [1.54, 1.807) is 0 Å². The Morgan fingerprint density at radius 3 is 2.62 bits per heavy atom. The summed E-state index contributed by atoms with van der Waals surface area (Å²) in [5.74, 6) is 0.259. The zero-order chi connectivity index (χ0) is 15.7. The number of halogens is 4. The monoisotopic (exact) mass is 367 g/mol. The Bertz CT molecular complexity index is 412. The van der Waals surface area contributed by atoms with Gasteiger partial charge in [-0.15, -0.1) is 0 Å². The molecule has 1 N–H and O–H groups in total. The van der Waals surface area contributed by atoms with Crippen LogP contribution in [0, 0.1) is 0 Å². The molecule has 0 aliphatic heterocycles. The van der Waals surface area contributed by atoms with E-state index in [0.29, 0.717) is 6.42 Å². The van der Waals surface area contributed by atoms with Gasteiger partial charge in [-0.25, -0.2) is 0 Å². The summed E-state index contributed by atoms with van der Waals surface area (Å²) in [7, 11) is 0. The van der Waals surface area contributed by atoms with Crippen molar-refractivity contribution in [2.24, 2.45) is 0 Å². The third-order valence-electron chi connectivity index (χ3n) is 3.09.